The van der Waals surface area contributed by atoms with Gasteiger partial charge in [0.2, 0.25) is 10.0 Å². The van der Waals surface area contributed by atoms with Crippen LogP contribution in [0, 0.1) is 0 Å². The molecule has 98 valence electrons. The van der Waals surface area contributed by atoms with Crippen LogP contribution in [-0.4, -0.2) is 19.7 Å². The van der Waals surface area contributed by atoms with Crippen LogP contribution in [0.5, 0.6) is 0 Å². The van der Waals surface area contributed by atoms with E-state index >= 15 is 0 Å². The zero-order valence-corrected chi connectivity index (χ0v) is 11.4. The summed E-state index contributed by atoms with van der Waals surface area (Å²) in [4.78, 5) is 11.7. The van der Waals surface area contributed by atoms with Crippen LogP contribution in [0.25, 0.3) is 0 Å². The van der Waals surface area contributed by atoms with E-state index in [1.54, 1.807) is 18.2 Å². The van der Waals surface area contributed by atoms with Gasteiger partial charge in [0, 0.05) is 0 Å². The number of carbonyl (C=O) groups is 1. The van der Waals surface area contributed by atoms with Gasteiger partial charge in [-0.15, -0.1) is 0 Å². The van der Waals surface area contributed by atoms with Crippen molar-refractivity contribution in [3.8, 4) is 0 Å². The molecule has 0 heterocycles. The number of Topliss-reactive ketones (excluding diaryl/α,β-unsaturated/α-hetero) is 1. The molecule has 4 nitrogen and oxygen atoms in total. The maximum absolute atomic E-state index is 12.3. The number of sulfonamides is 1. The molecular weight excluding hydrogens is 250 g/mol. The van der Waals surface area contributed by atoms with E-state index in [1.807, 2.05) is 13.0 Å². The standard InChI is InChI=1S/C13H17NO3S/c1-3-11-6-4-5-7-12(11)18(16,17)14-13(8-9-13)10(2)15/h4-7,14H,3,8-9H2,1-2H3. The van der Waals surface area contributed by atoms with Gasteiger partial charge in [-0.1, -0.05) is 25.1 Å². The minimum absolute atomic E-state index is 0.111. The number of carbonyl (C=O) groups excluding carboxylic acids is 1. The molecular formula is C13H17NO3S. The molecule has 1 aromatic rings. The van der Waals surface area contributed by atoms with Crippen molar-refractivity contribution in [3.63, 3.8) is 0 Å². The van der Waals surface area contributed by atoms with Gasteiger partial charge in [0.25, 0.3) is 0 Å². The van der Waals surface area contributed by atoms with Crippen LogP contribution in [0.1, 0.15) is 32.3 Å². The van der Waals surface area contributed by atoms with Crippen molar-refractivity contribution < 1.29 is 13.2 Å². The van der Waals surface area contributed by atoms with Crippen LogP contribution in [-0.2, 0) is 21.2 Å². The Kier molecular flexibility index (Phi) is 3.29. The van der Waals surface area contributed by atoms with Crippen LogP contribution in [0.2, 0.25) is 0 Å². The van der Waals surface area contributed by atoms with Crippen LogP contribution >= 0.6 is 0 Å². The molecule has 18 heavy (non-hydrogen) atoms. The Bertz CT molecular complexity index is 574. The molecule has 1 fully saturated rings. The fourth-order valence-electron chi connectivity index (χ4n) is 2.02. The minimum atomic E-state index is -3.61. The van der Waals surface area contributed by atoms with Gasteiger partial charge in [-0.2, -0.15) is 4.72 Å². The van der Waals surface area contributed by atoms with Gasteiger partial charge in [-0.3, -0.25) is 4.79 Å². The highest BCUT2D eigenvalue weighted by molar-refractivity contribution is 7.89. The van der Waals surface area contributed by atoms with E-state index < -0.39 is 15.6 Å². The maximum atomic E-state index is 12.3. The van der Waals surface area contributed by atoms with E-state index in [9.17, 15) is 13.2 Å². The Morgan fingerprint density at radius 2 is 1.94 bits per heavy atom. The van der Waals surface area contributed by atoms with E-state index in [0.717, 1.165) is 5.56 Å². The molecule has 0 unspecified atom stereocenters. The lowest BCUT2D eigenvalue weighted by atomic mass is 10.2. The molecule has 5 heteroatoms. The normalized spacial score (nSPS) is 17.4. The molecule has 0 bridgehead atoms. The smallest absolute Gasteiger partial charge is 0.241 e. The molecule has 0 aromatic heterocycles. The number of hydrogen-bond acceptors (Lipinski definition) is 3. The van der Waals surface area contributed by atoms with E-state index in [4.69, 9.17) is 0 Å². The predicted molar refractivity (Wildman–Crippen MR) is 68.8 cm³/mol. The first-order valence-electron chi connectivity index (χ1n) is 6.04. The van der Waals surface area contributed by atoms with E-state index in [1.165, 1.54) is 6.92 Å². The van der Waals surface area contributed by atoms with Crippen LogP contribution in [0.15, 0.2) is 29.2 Å². The molecule has 0 radical (unpaired) electrons. The van der Waals surface area contributed by atoms with Crippen molar-refractivity contribution in [2.75, 3.05) is 0 Å². The lowest BCUT2D eigenvalue weighted by molar-refractivity contribution is -0.119. The molecule has 1 aromatic carbocycles. The Labute approximate surface area is 107 Å². The van der Waals surface area contributed by atoms with Crippen molar-refractivity contribution in [2.24, 2.45) is 0 Å². The summed E-state index contributed by atoms with van der Waals surface area (Å²) in [5.74, 6) is -0.111. The maximum Gasteiger partial charge on any atom is 0.241 e. The third-order valence-corrected chi connectivity index (χ3v) is 5.03. The lowest BCUT2D eigenvalue weighted by Crippen LogP contribution is -2.42. The molecule has 1 aliphatic rings. The molecule has 2 rings (SSSR count). The van der Waals surface area contributed by atoms with Gasteiger partial charge >= 0.3 is 0 Å². The first-order valence-corrected chi connectivity index (χ1v) is 7.52. The van der Waals surface area contributed by atoms with Crippen molar-refractivity contribution in [1.29, 1.82) is 0 Å². The van der Waals surface area contributed by atoms with Crippen molar-refractivity contribution in [2.45, 2.75) is 43.5 Å². The lowest BCUT2D eigenvalue weighted by Gasteiger charge is -2.16. The van der Waals surface area contributed by atoms with E-state index in [0.29, 0.717) is 19.3 Å². The van der Waals surface area contributed by atoms with Crippen LogP contribution in [0.4, 0.5) is 0 Å². The Balaban J connectivity index is 2.35. The number of aryl methyl sites for hydroxylation is 1. The van der Waals surface area contributed by atoms with Gasteiger partial charge in [0.15, 0.2) is 5.78 Å². The first kappa shape index (κ1) is 13.2. The number of ketones is 1. The first-order chi connectivity index (χ1) is 8.41. The molecule has 1 N–H and O–H groups in total. The molecule has 0 spiro atoms. The second-order valence-electron chi connectivity index (χ2n) is 4.71. The highest BCUT2D eigenvalue weighted by Crippen LogP contribution is 2.37. The zero-order valence-electron chi connectivity index (χ0n) is 10.6. The summed E-state index contributed by atoms with van der Waals surface area (Å²) in [5.41, 5.74) is -0.0796. The summed E-state index contributed by atoms with van der Waals surface area (Å²) in [6.45, 7) is 3.34. The van der Waals surface area contributed by atoms with E-state index in [2.05, 4.69) is 4.72 Å². The highest BCUT2D eigenvalue weighted by atomic mass is 32.2. The fourth-order valence-corrected chi connectivity index (χ4v) is 3.81. The largest absolute Gasteiger partial charge is 0.298 e. The summed E-state index contributed by atoms with van der Waals surface area (Å²) in [6, 6.07) is 6.88. The average molecular weight is 267 g/mol. The van der Waals surface area contributed by atoms with Gasteiger partial charge in [0.1, 0.15) is 0 Å². The van der Waals surface area contributed by atoms with E-state index in [-0.39, 0.29) is 10.7 Å². The third kappa shape index (κ3) is 2.33. The average Bonchev–Trinajstić information content (AvgIpc) is 3.09. The van der Waals surface area contributed by atoms with Crippen molar-refractivity contribution in [1.82, 2.24) is 4.72 Å². The van der Waals surface area contributed by atoms with Crippen LogP contribution < -0.4 is 4.72 Å². The molecule has 0 atom stereocenters. The van der Waals surface area contributed by atoms with Gasteiger partial charge in [-0.05, 0) is 37.8 Å². The second kappa shape index (κ2) is 4.48. The summed E-state index contributed by atoms with van der Waals surface area (Å²) < 4.78 is 27.2. The summed E-state index contributed by atoms with van der Waals surface area (Å²) in [7, 11) is -3.61. The SMILES string of the molecule is CCc1ccccc1S(=O)(=O)NC1(C(C)=O)CC1. The summed E-state index contributed by atoms with van der Waals surface area (Å²) in [5, 5.41) is 0. The number of rotatable bonds is 5. The molecule has 0 aliphatic heterocycles. The Morgan fingerprint density at radius 3 is 2.44 bits per heavy atom. The van der Waals surface area contributed by atoms with Gasteiger partial charge in [0.05, 0.1) is 10.4 Å². The number of nitrogens with one attached hydrogen (secondary N) is 1. The second-order valence-corrected chi connectivity index (χ2v) is 6.36. The molecule has 1 saturated carbocycles. The number of benzene rings is 1. The van der Waals surface area contributed by atoms with Gasteiger partial charge < -0.3 is 0 Å². The summed E-state index contributed by atoms with van der Waals surface area (Å²) in [6.07, 6.45) is 1.83. The Hall–Kier alpha value is -1.20. The zero-order chi connectivity index (χ0) is 13.4. The highest BCUT2D eigenvalue weighted by Gasteiger charge is 2.50. The molecule has 0 saturated heterocycles. The topological polar surface area (TPSA) is 63.2 Å². The molecule has 0 amide bonds. The predicted octanol–water partition coefficient (Wildman–Crippen LogP) is 1.65. The summed E-state index contributed by atoms with van der Waals surface area (Å²) >= 11 is 0. The minimum Gasteiger partial charge on any atom is -0.298 e. The monoisotopic (exact) mass is 267 g/mol. The van der Waals surface area contributed by atoms with Crippen molar-refractivity contribution in [3.05, 3.63) is 29.8 Å². The number of hydrogen-bond donors (Lipinski definition) is 1. The third-order valence-electron chi connectivity index (χ3n) is 3.40. The van der Waals surface area contributed by atoms with Crippen molar-refractivity contribution >= 4 is 15.8 Å². The van der Waals surface area contributed by atoms with Crippen LogP contribution in [0.3, 0.4) is 0 Å². The van der Waals surface area contributed by atoms with Gasteiger partial charge in [-0.25, -0.2) is 8.42 Å². The quantitative estimate of drug-likeness (QED) is 0.882. The Morgan fingerprint density at radius 1 is 1.33 bits per heavy atom. The fraction of sp³-hybridized carbons (Fsp3) is 0.462. The molecule has 1 aliphatic carbocycles.